The number of hydrogen-bond acceptors (Lipinski definition) is 3. The van der Waals surface area contributed by atoms with Crippen molar-refractivity contribution in [2.75, 3.05) is 13.6 Å². The molecule has 1 amide bonds. The Morgan fingerprint density at radius 3 is 2.60 bits per heavy atom. The van der Waals surface area contributed by atoms with E-state index in [9.17, 15) is 4.79 Å². The fourth-order valence-corrected chi connectivity index (χ4v) is 2.44. The third-order valence-corrected chi connectivity index (χ3v) is 4.01. The van der Waals surface area contributed by atoms with Gasteiger partial charge >= 0.3 is 0 Å². The minimum Gasteiger partial charge on any atom is -0.469 e. The molecule has 0 bridgehead atoms. The van der Waals surface area contributed by atoms with Gasteiger partial charge < -0.3 is 15.1 Å². The second kappa shape index (κ2) is 8.10. The van der Waals surface area contributed by atoms with Gasteiger partial charge in [0.2, 0.25) is 5.91 Å². The molecule has 0 saturated carbocycles. The molecule has 1 rings (SSSR count). The first kappa shape index (κ1) is 16.8. The lowest BCUT2D eigenvalue weighted by atomic mass is 9.88. The maximum absolute atomic E-state index is 12.2. The van der Waals surface area contributed by atoms with Gasteiger partial charge in [-0.1, -0.05) is 13.8 Å². The lowest BCUT2D eigenvalue weighted by Crippen LogP contribution is -2.27. The Balaban J connectivity index is 2.43. The molecule has 1 atom stereocenters. The van der Waals surface area contributed by atoms with E-state index >= 15 is 0 Å². The van der Waals surface area contributed by atoms with Gasteiger partial charge in [0.1, 0.15) is 5.76 Å². The Labute approximate surface area is 122 Å². The summed E-state index contributed by atoms with van der Waals surface area (Å²) in [6.45, 7) is 7.63. The first-order chi connectivity index (χ1) is 9.45. The summed E-state index contributed by atoms with van der Waals surface area (Å²) in [5, 5.41) is 0. The van der Waals surface area contributed by atoms with Crippen LogP contribution in [0.25, 0.3) is 0 Å². The molecule has 4 heteroatoms. The van der Waals surface area contributed by atoms with Crippen LogP contribution in [0.3, 0.4) is 0 Å². The summed E-state index contributed by atoms with van der Waals surface area (Å²) in [5.41, 5.74) is 6.71. The Kier molecular flexibility index (Phi) is 6.79. The van der Waals surface area contributed by atoms with Gasteiger partial charge in [-0.05, 0) is 44.2 Å². The van der Waals surface area contributed by atoms with Gasteiger partial charge in [-0.15, -0.1) is 0 Å². The molecule has 114 valence electrons. The standard InChI is InChI=1S/C16H28N2O2/c1-12(2)14(7-9-17)5-6-16(19)18(4)11-15-8-10-20-13(15)3/h8,10,12,14H,5-7,9,11,17H2,1-4H3. The summed E-state index contributed by atoms with van der Waals surface area (Å²) in [5.74, 6) is 2.18. The van der Waals surface area contributed by atoms with Crippen molar-refractivity contribution < 1.29 is 9.21 Å². The van der Waals surface area contributed by atoms with E-state index in [1.807, 2.05) is 20.0 Å². The number of nitrogens with zero attached hydrogens (tertiary/aromatic N) is 1. The Morgan fingerprint density at radius 2 is 2.10 bits per heavy atom. The number of nitrogens with two attached hydrogens (primary N) is 1. The van der Waals surface area contributed by atoms with Gasteiger partial charge in [-0.2, -0.15) is 0 Å². The van der Waals surface area contributed by atoms with Crippen molar-refractivity contribution >= 4 is 5.91 Å². The second-order valence-electron chi connectivity index (χ2n) is 5.87. The molecule has 0 radical (unpaired) electrons. The van der Waals surface area contributed by atoms with Gasteiger partial charge in [0.05, 0.1) is 6.26 Å². The molecule has 0 saturated heterocycles. The van der Waals surface area contributed by atoms with Crippen LogP contribution in [0.5, 0.6) is 0 Å². The van der Waals surface area contributed by atoms with E-state index in [2.05, 4.69) is 13.8 Å². The van der Waals surface area contributed by atoms with Gasteiger partial charge in [-0.3, -0.25) is 4.79 Å². The minimum absolute atomic E-state index is 0.188. The van der Waals surface area contributed by atoms with Crippen LogP contribution < -0.4 is 5.73 Å². The molecule has 0 spiro atoms. The SMILES string of the molecule is Cc1occc1CN(C)C(=O)CCC(CCN)C(C)C. The highest BCUT2D eigenvalue weighted by Crippen LogP contribution is 2.21. The monoisotopic (exact) mass is 280 g/mol. The first-order valence-corrected chi connectivity index (χ1v) is 7.42. The van der Waals surface area contributed by atoms with Crippen LogP contribution in [-0.2, 0) is 11.3 Å². The second-order valence-corrected chi connectivity index (χ2v) is 5.87. The number of carbonyl (C=O) groups is 1. The van der Waals surface area contributed by atoms with Crippen molar-refractivity contribution in [3.8, 4) is 0 Å². The number of aryl methyl sites for hydroxylation is 1. The van der Waals surface area contributed by atoms with Crippen molar-refractivity contribution in [1.82, 2.24) is 4.90 Å². The summed E-state index contributed by atoms with van der Waals surface area (Å²) >= 11 is 0. The fourth-order valence-electron chi connectivity index (χ4n) is 2.44. The number of amides is 1. The van der Waals surface area contributed by atoms with E-state index in [-0.39, 0.29) is 5.91 Å². The van der Waals surface area contributed by atoms with Crippen LogP contribution in [0.2, 0.25) is 0 Å². The Hall–Kier alpha value is -1.29. The molecule has 0 aliphatic heterocycles. The van der Waals surface area contributed by atoms with E-state index in [0.29, 0.717) is 31.3 Å². The van der Waals surface area contributed by atoms with Crippen LogP contribution >= 0.6 is 0 Å². The molecule has 1 heterocycles. The average molecular weight is 280 g/mol. The van der Waals surface area contributed by atoms with Gasteiger partial charge in [0, 0.05) is 25.6 Å². The van der Waals surface area contributed by atoms with Crippen molar-refractivity contribution in [3.63, 3.8) is 0 Å². The highest BCUT2D eigenvalue weighted by Gasteiger charge is 2.17. The summed E-state index contributed by atoms with van der Waals surface area (Å²) in [6, 6.07) is 1.92. The first-order valence-electron chi connectivity index (χ1n) is 7.42. The van der Waals surface area contributed by atoms with Crippen molar-refractivity contribution in [2.24, 2.45) is 17.6 Å². The maximum Gasteiger partial charge on any atom is 0.222 e. The highest BCUT2D eigenvalue weighted by atomic mass is 16.3. The smallest absolute Gasteiger partial charge is 0.222 e. The normalized spacial score (nSPS) is 12.7. The lowest BCUT2D eigenvalue weighted by molar-refractivity contribution is -0.130. The zero-order chi connectivity index (χ0) is 15.1. The van der Waals surface area contributed by atoms with Crippen molar-refractivity contribution in [1.29, 1.82) is 0 Å². The van der Waals surface area contributed by atoms with E-state index in [1.165, 1.54) is 0 Å². The van der Waals surface area contributed by atoms with E-state index in [0.717, 1.165) is 24.2 Å². The summed E-state index contributed by atoms with van der Waals surface area (Å²) in [6.07, 6.45) is 4.17. The summed E-state index contributed by atoms with van der Waals surface area (Å²) < 4.78 is 5.25. The molecule has 0 fully saturated rings. The van der Waals surface area contributed by atoms with Crippen molar-refractivity contribution in [2.45, 2.75) is 46.6 Å². The van der Waals surface area contributed by atoms with Crippen LogP contribution in [0, 0.1) is 18.8 Å². The van der Waals surface area contributed by atoms with Crippen LogP contribution in [0.15, 0.2) is 16.7 Å². The average Bonchev–Trinajstić information content (AvgIpc) is 2.79. The molecule has 0 aliphatic rings. The molecular weight excluding hydrogens is 252 g/mol. The number of hydrogen-bond donors (Lipinski definition) is 1. The van der Waals surface area contributed by atoms with Crippen LogP contribution in [0.1, 0.15) is 44.4 Å². The predicted molar refractivity (Wildman–Crippen MR) is 81.2 cm³/mol. The molecule has 0 aromatic carbocycles. The number of carbonyl (C=O) groups excluding carboxylic acids is 1. The minimum atomic E-state index is 0.188. The predicted octanol–water partition coefficient (Wildman–Crippen LogP) is 2.95. The Morgan fingerprint density at radius 1 is 1.40 bits per heavy atom. The fraction of sp³-hybridized carbons (Fsp3) is 0.688. The van der Waals surface area contributed by atoms with Gasteiger partial charge in [-0.25, -0.2) is 0 Å². The maximum atomic E-state index is 12.2. The number of furan rings is 1. The third-order valence-electron chi connectivity index (χ3n) is 4.01. The quantitative estimate of drug-likeness (QED) is 0.796. The van der Waals surface area contributed by atoms with E-state index in [4.69, 9.17) is 10.2 Å². The summed E-state index contributed by atoms with van der Waals surface area (Å²) in [7, 11) is 1.85. The molecular formula is C16H28N2O2. The van der Waals surface area contributed by atoms with E-state index < -0.39 is 0 Å². The third kappa shape index (κ3) is 5.00. The molecule has 1 aromatic heterocycles. The van der Waals surface area contributed by atoms with Crippen molar-refractivity contribution in [3.05, 3.63) is 23.7 Å². The number of rotatable bonds is 8. The topological polar surface area (TPSA) is 59.5 Å². The summed E-state index contributed by atoms with van der Waals surface area (Å²) in [4.78, 5) is 14.0. The molecule has 20 heavy (non-hydrogen) atoms. The largest absolute Gasteiger partial charge is 0.469 e. The van der Waals surface area contributed by atoms with Crippen LogP contribution in [-0.4, -0.2) is 24.4 Å². The zero-order valence-corrected chi connectivity index (χ0v) is 13.2. The highest BCUT2D eigenvalue weighted by molar-refractivity contribution is 5.75. The van der Waals surface area contributed by atoms with E-state index in [1.54, 1.807) is 11.2 Å². The molecule has 4 nitrogen and oxygen atoms in total. The van der Waals surface area contributed by atoms with Crippen LogP contribution in [0.4, 0.5) is 0 Å². The molecule has 0 aliphatic carbocycles. The molecule has 1 unspecified atom stereocenters. The lowest BCUT2D eigenvalue weighted by Gasteiger charge is -2.22. The Bertz CT molecular complexity index is 412. The van der Waals surface area contributed by atoms with Gasteiger partial charge in [0.15, 0.2) is 0 Å². The zero-order valence-electron chi connectivity index (χ0n) is 13.2. The molecule has 1 aromatic rings. The van der Waals surface area contributed by atoms with Gasteiger partial charge in [0.25, 0.3) is 0 Å². The molecule has 2 N–H and O–H groups in total.